The van der Waals surface area contributed by atoms with Crippen molar-refractivity contribution < 1.29 is 9.53 Å². The van der Waals surface area contributed by atoms with Gasteiger partial charge in [0.05, 0.1) is 24.1 Å². The molecule has 2 rings (SSSR count). The van der Waals surface area contributed by atoms with E-state index >= 15 is 0 Å². The Balaban J connectivity index is 2.19. The summed E-state index contributed by atoms with van der Waals surface area (Å²) in [6.07, 6.45) is 4.41. The van der Waals surface area contributed by atoms with Gasteiger partial charge >= 0.3 is 5.69 Å². The van der Waals surface area contributed by atoms with Gasteiger partial charge in [-0.1, -0.05) is 33.1 Å². The Morgan fingerprint density at radius 3 is 2.74 bits per heavy atom. The van der Waals surface area contributed by atoms with Crippen LogP contribution in [0.3, 0.4) is 0 Å². The molecule has 7 nitrogen and oxygen atoms in total. The topological polar surface area (TPSA) is 93.2 Å². The molecule has 2 aromatic rings. The first kappa shape index (κ1) is 20.9. The third-order valence-electron chi connectivity index (χ3n) is 4.86. The molecule has 0 spiro atoms. The first-order valence-electron chi connectivity index (χ1n) is 9.55. The number of aromatic amines is 1. The van der Waals surface area contributed by atoms with E-state index < -0.39 is 5.69 Å². The van der Waals surface area contributed by atoms with Crippen molar-refractivity contribution in [1.29, 1.82) is 0 Å². The minimum Gasteiger partial charge on any atom is -0.383 e. The predicted octanol–water partition coefficient (Wildman–Crippen LogP) is 2.28. The maximum atomic E-state index is 12.5. The van der Waals surface area contributed by atoms with E-state index in [-0.39, 0.29) is 24.6 Å². The number of methoxy groups -OCH3 is 1. The zero-order chi connectivity index (χ0) is 19.8. The second-order valence-corrected chi connectivity index (χ2v) is 6.77. The average molecular weight is 375 g/mol. The number of amides is 1. The zero-order valence-electron chi connectivity index (χ0n) is 16.3. The lowest BCUT2D eigenvalue weighted by atomic mass is 9.99. The van der Waals surface area contributed by atoms with Gasteiger partial charge in [0.15, 0.2) is 0 Å². The molecule has 0 aliphatic rings. The number of H-pyrrole nitrogens is 1. The summed E-state index contributed by atoms with van der Waals surface area (Å²) in [5.41, 5.74) is -0.0991. The second kappa shape index (κ2) is 10.1. The van der Waals surface area contributed by atoms with Gasteiger partial charge in [-0.15, -0.1) is 0 Å². The van der Waals surface area contributed by atoms with Crippen LogP contribution in [0, 0.1) is 5.92 Å². The van der Waals surface area contributed by atoms with E-state index in [9.17, 15) is 14.4 Å². The number of hydrogen-bond donors (Lipinski definition) is 2. The van der Waals surface area contributed by atoms with Crippen molar-refractivity contribution in [3.8, 4) is 0 Å². The standard InChI is InChI=1S/C20H29N3O4/c1-4-6-7-14(5-2)13-21-18(24)15-8-9-16-17(12-15)22-20(26)23(19(16)25)10-11-27-3/h8-9,12,14H,4-7,10-11,13H2,1-3H3,(H,21,24)(H,22,26)/t14-/m1/s1. The summed E-state index contributed by atoms with van der Waals surface area (Å²) in [4.78, 5) is 39.8. The summed E-state index contributed by atoms with van der Waals surface area (Å²) >= 11 is 0. The van der Waals surface area contributed by atoms with Gasteiger partial charge in [-0.2, -0.15) is 0 Å². The van der Waals surface area contributed by atoms with Crippen molar-refractivity contribution in [3.63, 3.8) is 0 Å². The number of nitrogens with zero attached hydrogens (tertiary/aromatic N) is 1. The average Bonchev–Trinajstić information content (AvgIpc) is 2.67. The van der Waals surface area contributed by atoms with Gasteiger partial charge in [-0.3, -0.25) is 14.2 Å². The maximum Gasteiger partial charge on any atom is 0.328 e. The number of nitrogens with one attached hydrogen (secondary N) is 2. The van der Waals surface area contributed by atoms with Crippen molar-refractivity contribution in [3.05, 3.63) is 44.6 Å². The Kier molecular flexibility index (Phi) is 7.79. The van der Waals surface area contributed by atoms with E-state index in [1.807, 2.05) is 0 Å². The quantitative estimate of drug-likeness (QED) is 0.666. The molecule has 0 fully saturated rings. The fourth-order valence-electron chi connectivity index (χ4n) is 3.06. The monoisotopic (exact) mass is 375 g/mol. The summed E-state index contributed by atoms with van der Waals surface area (Å²) in [5.74, 6) is 0.262. The largest absolute Gasteiger partial charge is 0.383 e. The van der Waals surface area contributed by atoms with Crippen LogP contribution >= 0.6 is 0 Å². The normalized spacial score (nSPS) is 12.3. The minimum atomic E-state index is -0.507. The highest BCUT2D eigenvalue weighted by atomic mass is 16.5. The lowest BCUT2D eigenvalue weighted by Crippen LogP contribution is -2.36. The summed E-state index contributed by atoms with van der Waals surface area (Å²) in [6, 6.07) is 4.76. The fourth-order valence-corrected chi connectivity index (χ4v) is 3.06. The van der Waals surface area contributed by atoms with E-state index in [0.29, 0.717) is 28.9 Å². The number of hydrogen-bond acceptors (Lipinski definition) is 4. The highest BCUT2D eigenvalue weighted by Gasteiger charge is 2.13. The van der Waals surface area contributed by atoms with Crippen LogP contribution in [0.4, 0.5) is 0 Å². The molecule has 1 amide bonds. The molecule has 2 N–H and O–H groups in total. The molecule has 1 heterocycles. The summed E-state index contributed by atoms with van der Waals surface area (Å²) in [7, 11) is 1.51. The van der Waals surface area contributed by atoms with E-state index in [4.69, 9.17) is 4.74 Å². The molecule has 0 bridgehead atoms. The summed E-state index contributed by atoms with van der Waals surface area (Å²) in [6.45, 7) is 5.36. The highest BCUT2D eigenvalue weighted by Crippen LogP contribution is 2.13. The highest BCUT2D eigenvalue weighted by molar-refractivity contribution is 5.97. The summed E-state index contributed by atoms with van der Waals surface area (Å²) in [5, 5.41) is 3.33. The first-order chi connectivity index (χ1) is 13.0. The number of fused-ring (bicyclic) bond motifs is 1. The third kappa shape index (κ3) is 5.29. The van der Waals surface area contributed by atoms with Crippen molar-refractivity contribution in [1.82, 2.24) is 14.9 Å². The minimum absolute atomic E-state index is 0.180. The Bertz CT molecular complexity index is 885. The molecule has 1 atom stereocenters. The number of unbranched alkanes of at least 4 members (excludes halogenated alkanes) is 1. The fraction of sp³-hybridized carbons (Fsp3) is 0.550. The molecule has 0 saturated heterocycles. The van der Waals surface area contributed by atoms with Crippen LogP contribution < -0.4 is 16.6 Å². The molecule has 0 unspecified atom stereocenters. The smallest absolute Gasteiger partial charge is 0.328 e. The number of benzene rings is 1. The van der Waals surface area contributed by atoms with Gasteiger partial charge in [0.25, 0.3) is 11.5 Å². The molecule has 0 aliphatic heterocycles. The number of carbonyl (C=O) groups is 1. The molecule has 7 heteroatoms. The van der Waals surface area contributed by atoms with Crippen molar-refractivity contribution in [2.45, 2.75) is 46.1 Å². The van der Waals surface area contributed by atoms with Gasteiger partial charge in [0, 0.05) is 19.2 Å². The molecular weight excluding hydrogens is 346 g/mol. The molecule has 0 aliphatic carbocycles. The van der Waals surface area contributed by atoms with Crippen molar-refractivity contribution >= 4 is 16.8 Å². The van der Waals surface area contributed by atoms with Crippen LogP contribution in [-0.4, -0.2) is 35.7 Å². The Morgan fingerprint density at radius 1 is 1.30 bits per heavy atom. The van der Waals surface area contributed by atoms with Crippen molar-refractivity contribution in [2.75, 3.05) is 20.3 Å². The van der Waals surface area contributed by atoms with Gasteiger partial charge in [0.2, 0.25) is 0 Å². The van der Waals surface area contributed by atoms with E-state index in [0.717, 1.165) is 30.3 Å². The number of aromatic nitrogens is 2. The first-order valence-corrected chi connectivity index (χ1v) is 9.55. The van der Waals surface area contributed by atoms with Crippen LogP contribution in [0.5, 0.6) is 0 Å². The zero-order valence-corrected chi connectivity index (χ0v) is 16.3. The van der Waals surface area contributed by atoms with E-state index in [1.54, 1.807) is 18.2 Å². The lowest BCUT2D eigenvalue weighted by molar-refractivity contribution is 0.0946. The molecule has 27 heavy (non-hydrogen) atoms. The number of rotatable bonds is 10. The van der Waals surface area contributed by atoms with E-state index in [1.165, 1.54) is 7.11 Å². The van der Waals surface area contributed by atoms with Crippen molar-refractivity contribution in [2.24, 2.45) is 5.92 Å². The number of carbonyl (C=O) groups excluding carboxylic acids is 1. The van der Waals surface area contributed by atoms with Gasteiger partial charge in [-0.05, 0) is 30.5 Å². The molecule has 1 aromatic heterocycles. The molecule has 0 saturated carbocycles. The van der Waals surface area contributed by atoms with Gasteiger partial charge < -0.3 is 15.0 Å². The van der Waals surface area contributed by atoms with Crippen LogP contribution in [0.1, 0.15) is 49.9 Å². The van der Waals surface area contributed by atoms with E-state index in [2.05, 4.69) is 24.1 Å². The van der Waals surface area contributed by atoms with Gasteiger partial charge in [0.1, 0.15) is 0 Å². The Labute approximate surface area is 158 Å². The SMILES string of the molecule is CCCC[C@@H](CC)CNC(=O)c1ccc2c(=O)n(CCOC)c(=O)[nH]c2c1. The molecule has 0 radical (unpaired) electrons. The van der Waals surface area contributed by atoms with Crippen LogP contribution in [-0.2, 0) is 11.3 Å². The molecule has 148 valence electrons. The third-order valence-corrected chi connectivity index (χ3v) is 4.86. The van der Waals surface area contributed by atoms with Crippen LogP contribution in [0.25, 0.3) is 10.9 Å². The molecule has 1 aromatic carbocycles. The second-order valence-electron chi connectivity index (χ2n) is 6.77. The Morgan fingerprint density at radius 2 is 2.07 bits per heavy atom. The predicted molar refractivity (Wildman–Crippen MR) is 106 cm³/mol. The van der Waals surface area contributed by atoms with Crippen LogP contribution in [0.15, 0.2) is 27.8 Å². The molecular formula is C20H29N3O4. The number of ether oxygens (including phenoxy) is 1. The van der Waals surface area contributed by atoms with Gasteiger partial charge in [-0.25, -0.2) is 4.79 Å². The van der Waals surface area contributed by atoms with Crippen LogP contribution in [0.2, 0.25) is 0 Å². The summed E-state index contributed by atoms with van der Waals surface area (Å²) < 4.78 is 6.04. The lowest BCUT2D eigenvalue weighted by Gasteiger charge is -2.15. The maximum absolute atomic E-state index is 12.5. The Hall–Kier alpha value is -2.41.